The molecule has 2 amide bonds. The van der Waals surface area contributed by atoms with Crippen molar-refractivity contribution < 1.29 is 23.8 Å². The van der Waals surface area contributed by atoms with Gasteiger partial charge in [-0.3, -0.25) is 9.59 Å². The van der Waals surface area contributed by atoms with Crippen molar-refractivity contribution >= 4 is 17.6 Å². The van der Waals surface area contributed by atoms with Crippen molar-refractivity contribution in [2.24, 2.45) is 0 Å². The maximum Gasteiger partial charge on any atom is 0.254 e. The number of amides is 2. The second-order valence-corrected chi connectivity index (χ2v) is 10.3. The smallest absolute Gasteiger partial charge is 0.254 e. The molecule has 10 nitrogen and oxygen atoms in total. The molecule has 3 heterocycles. The molecule has 5 rings (SSSR count). The van der Waals surface area contributed by atoms with Crippen molar-refractivity contribution in [1.82, 2.24) is 20.0 Å². The third-order valence-electron chi connectivity index (χ3n) is 7.72. The van der Waals surface area contributed by atoms with E-state index in [0.29, 0.717) is 56.4 Å². The molecule has 0 bridgehead atoms. The molecule has 0 radical (unpaired) electrons. The fraction of sp³-hybridized carbons (Fsp3) is 0.419. The lowest BCUT2D eigenvalue weighted by atomic mass is 10.1. The molecule has 2 aliphatic rings. The fourth-order valence-corrected chi connectivity index (χ4v) is 5.33. The normalized spacial score (nSPS) is 16.9. The quantitative estimate of drug-likeness (QED) is 0.393. The maximum absolute atomic E-state index is 13.5. The Labute approximate surface area is 240 Å². The van der Waals surface area contributed by atoms with Crippen LogP contribution in [0.2, 0.25) is 0 Å². The minimum Gasteiger partial charge on any atom is -0.493 e. The van der Waals surface area contributed by atoms with E-state index in [-0.39, 0.29) is 24.5 Å². The first-order valence-corrected chi connectivity index (χ1v) is 14.0. The first kappa shape index (κ1) is 28.4. The Hall–Kier alpha value is -4.18. The maximum atomic E-state index is 13.5. The number of rotatable bonds is 9. The number of anilines is 1. The molecule has 41 heavy (non-hydrogen) atoms. The summed E-state index contributed by atoms with van der Waals surface area (Å²) >= 11 is 0. The zero-order chi connectivity index (χ0) is 28.8. The van der Waals surface area contributed by atoms with Gasteiger partial charge in [-0.05, 0) is 61.7 Å². The number of benzene rings is 2. The largest absolute Gasteiger partial charge is 0.493 e. The monoisotopic (exact) mass is 559 g/mol. The van der Waals surface area contributed by atoms with Gasteiger partial charge >= 0.3 is 0 Å². The van der Waals surface area contributed by atoms with E-state index in [2.05, 4.69) is 15.1 Å². The van der Waals surface area contributed by atoms with Crippen molar-refractivity contribution in [3.63, 3.8) is 0 Å². The molecule has 0 aliphatic carbocycles. The number of aryl methyl sites for hydroxylation is 1. The molecule has 0 unspecified atom stereocenters. The lowest BCUT2D eigenvalue weighted by Gasteiger charge is -2.36. The summed E-state index contributed by atoms with van der Waals surface area (Å²) in [6.07, 6.45) is 1.84. The van der Waals surface area contributed by atoms with Gasteiger partial charge in [-0.2, -0.15) is 0 Å². The minimum atomic E-state index is -0.129. The highest BCUT2D eigenvalue weighted by atomic mass is 16.5. The number of carbonyl (C=O) groups is 2. The van der Waals surface area contributed by atoms with Gasteiger partial charge in [0.2, 0.25) is 5.91 Å². The topological polar surface area (TPSA) is 97.3 Å². The summed E-state index contributed by atoms with van der Waals surface area (Å²) in [6, 6.07) is 17.0. The molecule has 0 spiro atoms. The summed E-state index contributed by atoms with van der Waals surface area (Å²) in [4.78, 5) is 32.5. The molecule has 2 fully saturated rings. The summed E-state index contributed by atoms with van der Waals surface area (Å²) in [7, 11) is 3.20. The van der Waals surface area contributed by atoms with E-state index in [4.69, 9.17) is 14.2 Å². The van der Waals surface area contributed by atoms with E-state index in [1.165, 1.54) is 0 Å². The highest BCUT2D eigenvalue weighted by Crippen LogP contribution is 2.31. The van der Waals surface area contributed by atoms with Crippen LogP contribution in [-0.2, 0) is 9.53 Å². The van der Waals surface area contributed by atoms with Gasteiger partial charge in [0.15, 0.2) is 17.3 Å². The van der Waals surface area contributed by atoms with Crippen molar-refractivity contribution in [1.29, 1.82) is 0 Å². The second-order valence-electron chi connectivity index (χ2n) is 10.3. The number of piperazine rings is 1. The molecular weight excluding hydrogens is 522 g/mol. The number of hydrogen-bond donors (Lipinski definition) is 0. The first-order valence-electron chi connectivity index (χ1n) is 14.0. The Morgan fingerprint density at radius 1 is 0.976 bits per heavy atom. The molecule has 10 heteroatoms. The van der Waals surface area contributed by atoms with Gasteiger partial charge in [0, 0.05) is 50.5 Å². The molecule has 216 valence electrons. The Morgan fingerprint density at radius 2 is 1.76 bits per heavy atom. The van der Waals surface area contributed by atoms with E-state index in [0.717, 1.165) is 35.5 Å². The van der Waals surface area contributed by atoms with Crippen molar-refractivity contribution in [2.75, 3.05) is 65.0 Å². The molecule has 2 aliphatic heterocycles. The molecule has 2 aromatic carbocycles. The van der Waals surface area contributed by atoms with Crippen LogP contribution in [0.3, 0.4) is 0 Å². The standard InChI is InChI=1S/C31H37N5O5/c1-22-7-4-5-9-25(22)31(38)36(20-24-8-6-18-41-24)21-30(37)35-16-14-34(15-17-35)29-13-11-26(32-33-29)23-10-12-27(39-2)28(19-23)40-3/h4-5,7,9-13,19,24H,6,8,14-18,20-21H2,1-3H3/t24-/m1/s1. The summed E-state index contributed by atoms with van der Waals surface area (Å²) < 4.78 is 16.5. The first-order chi connectivity index (χ1) is 20.0. The Kier molecular flexibility index (Phi) is 8.98. The number of ether oxygens (including phenoxy) is 3. The van der Waals surface area contributed by atoms with Crippen LogP contribution in [0.15, 0.2) is 54.6 Å². The van der Waals surface area contributed by atoms with Gasteiger partial charge in [0.05, 0.1) is 26.0 Å². The highest BCUT2D eigenvalue weighted by Gasteiger charge is 2.29. The summed E-state index contributed by atoms with van der Waals surface area (Å²) in [5.41, 5.74) is 3.13. The van der Waals surface area contributed by atoms with Crippen LogP contribution in [0.4, 0.5) is 5.82 Å². The van der Waals surface area contributed by atoms with Gasteiger partial charge < -0.3 is 28.9 Å². The van der Waals surface area contributed by atoms with Gasteiger partial charge in [0.25, 0.3) is 5.91 Å². The Morgan fingerprint density at radius 3 is 2.41 bits per heavy atom. The van der Waals surface area contributed by atoms with Crippen LogP contribution in [0.5, 0.6) is 11.5 Å². The van der Waals surface area contributed by atoms with Crippen LogP contribution < -0.4 is 14.4 Å². The molecule has 0 saturated carbocycles. The van der Waals surface area contributed by atoms with Gasteiger partial charge in [-0.1, -0.05) is 18.2 Å². The second kappa shape index (κ2) is 13.0. The lowest BCUT2D eigenvalue weighted by Crippen LogP contribution is -2.52. The van der Waals surface area contributed by atoms with E-state index in [9.17, 15) is 9.59 Å². The van der Waals surface area contributed by atoms with Gasteiger partial charge in [-0.25, -0.2) is 0 Å². The zero-order valence-electron chi connectivity index (χ0n) is 23.9. The SMILES string of the molecule is COc1ccc(-c2ccc(N3CCN(C(=O)CN(C[C@H]4CCCO4)C(=O)c4ccccc4C)CC3)nn2)cc1OC. The highest BCUT2D eigenvalue weighted by molar-refractivity contribution is 5.97. The number of carbonyl (C=O) groups excluding carboxylic acids is 2. The Bertz CT molecular complexity index is 1350. The van der Waals surface area contributed by atoms with Crippen LogP contribution in [0.1, 0.15) is 28.8 Å². The van der Waals surface area contributed by atoms with E-state index >= 15 is 0 Å². The van der Waals surface area contributed by atoms with Crippen LogP contribution in [0, 0.1) is 6.92 Å². The van der Waals surface area contributed by atoms with Crippen LogP contribution >= 0.6 is 0 Å². The number of nitrogens with zero attached hydrogens (tertiary/aromatic N) is 5. The van der Waals surface area contributed by atoms with E-state index < -0.39 is 0 Å². The molecular formula is C31H37N5O5. The van der Waals surface area contributed by atoms with Crippen molar-refractivity contribution in [2.45, 2.75) is 25.9 Å². The summed E-state index contributed by atoms with van der Waals surface area (Å²) in [6.45, 7) is 5.43. The summed E-state index contributed by atoms with van der Waals surface area (Å²) in [5, 5.41) is 8.88. The van der Waals surface area contributed by atoms with Crippen molar-refractivity contribution in [3.8, 4) is 22.8 Å². The minimum absolute atomic E-state index is 0.0341. The van der Waals surface area contributed by atoms with E-state index in [1.807, 2.05) is 66.4 Å². The third kappa shape index (κ3) is 6.59. The molecule has 1 atom stereocenters. The number of methoxy groups -OCH3 is 2. The van der Waals surface area contributed by atoms with Gasteiger partial charge in [0.1, 0.15) is 6.54 Å². The summed E-state index contributed by atoms with van der Waals surface area (Å²) in [5.74, 6) is 1.86. The van der Waals surface area contributed by atoms with Crippen molar-refractivity contribution in [3.05, 3.63) is 65.7 Å². The Balaban J connectivity index is 1.20. The van der Waals surface area contributed by atoms with Crippen LogP contribution in [-0.4, -0.2) is 98.0 Å². The zero-order valence-corrected chi connectivity index (χ0v) is 23.9. The lowest BCUT2D eigenvalue weighted by molar-refractivity contribution is -0.132. The molecule has 0 N–H and O–H groups in total. The van der Waals surface area contributed by atoms with Crippen LogP contribution in [0.25, 0.3) is 11.3 Å². The fourth-order valence-electron chi connectivity index (χ4n) is 5.33. The number of aromatic nitrogens is 2. The molecule has 3 aromatic rings. The molecule has 1 aromatic heterocycles. The van der Waals surface area contributed by atoms with Gasteiger partial charge in [-0.15, -0.1) is 10.2 Å². The predicted octanol–water partition coefficient (Wildman–Crippen LogP) is 3.44. The number of hydrogen-bond acceptors (Lipinski definition) is 8. The predicted molar refractivity (Wildman–Crippen MR) is 155 cm³/mol. The van der Waals surface area contributed by atoms with E-state index in [1.54, 1.807) is 19.1 Å². The average molecular weight is 560 g/mol. The third-order valence-corrected chi connectivity index (χ3v) is 7.72. The average Bonchev–Trinajstić information content (AvgIpc) is 3.53. The molecule has 2 saturated heterocycles.